The second kappa shape index (κ2) is 22.0. The lowest BCUT2D eigenvalue weighted by molar-refractivity contribution is -0.385. The molecular weight excluding hydrogens is 957 g/mol. The molecule has 332 valence electrons. The molecule has 0 aliphatic rings. The van der Waals surface area contributed by atoms with E-state index in [1.165, 1.54) is 41.7 Å². The lowest BCUT2D eigenvalue weighted by atomic mass is 9.79. The van der Waals surface area contributed by atoms with Gasteiger partial charge in [0, 0.05) is 52.0 Å². The maximum Gasteiger partial charge on any atom is 0.488 e. The molecule has 0 aliphatic carbocycles. The highest BCUT2D eigenvalue weighted by Gasteiger charge is 2.31. The van der Waals surface area contributed by atoms with E-state index in [-0.39, 0.29) is 40.5 Å². The molecule has 26 heteroatoms. The normalized spacial score (nSPS) is 10.7. The Kier molecular flexibility index (Phi) is 17.8. The molecule has 0 radical (unpaired) electrons. The van der Waals surface area contributed by atoms with Crippen LogP contribution in [0.1, 0.15) is 39.3 Å². The summed E-state index contributed by atoms with van der Waals surface area (Å²) in [6.45, 7) is 0. The molecule has 6 rings (SSSR count). The number of thiazole rings is 2. The van der Waals surface area contributed by atoms with Crippen LogP contribution in [-0.4, -0.2) is 63.1 Å². The molecule has 0 amide bonds. The molecule has 0 saturated carbocycles. The predicted molar refractivity (Wildman–Crippen MR) is 226 cm³/mol. The van der Waals surface area contributed by atoms with Gasteiger partial charge in [0.1, 0.15) is 4.60 Å². The van der Waals surface area contributed by atoms with E-state index in [9.17, 15) is 56.2 Å². The van der Waals surface area contributed by atoms with Crippen LogP contribution in [0, 0.1) is 20.2 Å². The monoisotopic (exact) mass is 986 g/mol. The van der Waals surface area contributed by atoms with Gasteiger partial charge in [-0.2, -0.15) is 26.3 Å². The SMILES string of the molecule is C.COC(=O)c1cc(-c2csc(Nc3cccc(C(F)(F)F)c3)n2)cc([N+](=O)[O-])c1.COC(=O)c1cc(B(O)O)cc([N+](=O)[O-])c1.FC(F)(F)c1cccc(Nc2nc(Br)cs2)c1. The third-order valence-electron chi connectivity index (χ3n) is 7.58. The van der Waals surface area contributed by atoms with Gasteiger partial charge in [0.25, 0.3) is 11.4 Å². The summed E-state index contributed by atoms with van der Waals surface area (Å²) in [5, 5.41) is 49.2. The van der Waals surface area contributed by atoms with E-state index in [1.807, 2.05) is 0 Å². The standard InChI is InChI=1S/C18H12F3N3O4S.C10H6BrF3N2S.C8H8BNO6.CH4/c1-28-16(25)11-5-10(6-14(7-11)24(26)27)15-9-29-17(23-15)22-13-4-2-3-12(8-13)18(19,20)21;11-8-5-17-9(16-8)15-7-3-1-2-6(4-7)10(12,13)14;1-16-8(11)5-2-6(9(12)13)4-7(3-5)10(14)15;/h2-9H,1H3,(H,22,23);1-5H,(H,15,16);2-4,12-13H,1H3;1H4. The van der Waals surface area contributed by atoms with Crippen LogP contribution in [0.3, 0.4) is 0 Å². The highest BCUT2D eigenvalue weighted by atomic mass is 79.9. The third kappa shape index (κ3) is 14.8. The quantitative estimate of drug-likeness (QED) is 0.0329. The first kappa shape index (κ1) is 50.9. The summed E-state index contributed by atoms with van der Waals surface area (Å²) in [5.41, 5.74) is -1.32. The zero-order valence-electron chi connectivity index (χ0n) is 31.2. The van der Waals surface area contributed by atoms with Crippen LogP contribution in [0.5, 0.6) is 0 Å². The number of nitrogens with one attached hydrogen (secondary N) is 2. The molecule has 16 nitrogen and oxygen atoms in total. The molecule has 0 unspecified atom stereocenters. The zero-order chi connectivity index (χ0) is 45.9. The van der Waals surface area contributed by atoms with Crippen LogP contribution in [0.4, 0.5) is 59.4 Å². The molecule has 4 N–H and O–H groups in total. The number of rotatable bonds is 10. The first-order valence-electron chi connectivity index (χ1n) is 16.6. The van der Waals surface area contributed by atoms with Gasteiger partial charge in [-0.3, -0.25) is 20.2 Å². The van der Waals surface area contributed by atoms with Gasteiger partial charge in [-0.25, -0.2) is 19.6 Å². The Balaban J connectivity index is 0.000000267. The Hall–Kier alpha value is -6.48. The second-order valence-corrected chi connectivity index (χ2v) is 14.4. The molecule has 0 spiro atoms. The molecule has 4 aromatic carbocycles. The second-order valence-electron chi connectivity index (χ2n) is 11.9. The molecule has 0 aliphatic heterocycles. The minimum atomic E-state index is -4.47. The fourth-order valence-electron chi connectivity index (χ4n) is 4.79. The number of esters is 2. The number of benzene rings is 4. The van der Waals surface area contributed by atoms with Crippen molar-refractivity contribution in [1.82, 2.24) is 9.97 Å². The number of hydrogen-bond acceptors (Lipinski definition) is 16. The number of aromatic nitrogens is 2. The minimum absolute atomic E-state index is 0. The van der Waals surface area contributed by atoms with Crippen LogP contribution < -0.4 is 16.1 Å². The first-order valence-corrected chi connectivity index (χ1v) is 19.2. The number of methoxy groups -OCH3 is 2. The minimum Gasteiger partial charge on any atom is -0.465 e. The lowest BCUT2D eigenvalue weighted by Gasteiger charge is -2.09. The average molecular weight is 988 g/mol. The smallest absolute Gasteiger partial charge is 0.465 e. The van der Waals surface area contributed by atoms with Crippen molar-refractivity contribution in [2.75, 3.05) is 24.9 Å². The van der Waals surface area contributed by atoms with E-state index >= 15 is 0 Å². The Morgan fingerprint density at radius 1 is 0.714 bits per heavy atom. The maximum absolute atomic E-state index is 12.8. The summed E-state index contributed by atoms with van der Waals surface area (Å²) in [4.78, 5) is 51.5. The topological polar surface area (TPSA) is 229 Å². The van der Waals surface area contributed by atoms with Crippen molar-refractivity contribution in [3.8, 4) is 11.3 Å². The highest BCUT2D eigenvalue weighted by Crippen LogP contribution is 2.35. The summed E-state index contributed by atoms with van der Waals surface area (Å²) in [6, 6.07) is 16.4. The van der Waals surface area contributed by atoms with Crippen molar-refractivity contribution in [2.45, 2.75) is 19.8 Å². The lowest BCUT2D eigenvalue weighted by Crippen LogP contribution is -2.30. The molecular formula is C37H30BBrF6N6O10S2. The van der Waals surface area contributed by atoms with E-state index in [4.69, 9.17) is 10.0 Å². The summed E-state index contributed by atoms with van der Waals surface area (Å²) in [7, 11) is 0.389. The van der Waals surface area contributed by atoms with Crippen molar-refractivity contribution in [3.63, 3.8) is 0 Å². The molecule has 63 heavy (non-hydrogen) atoms. The number of carbonyl (C=O) groups is 2. The van der Waals surface area contributed by atoms with Crippen molar-refractivity contribution in [1.29, 1.82) is 0 Å². The number of alkyl halides is 6. The maximum atomic E-state index is 12.8. The van der Waals surface area contributed by atoms with Gasteiger partial charge in [0.15, 0.2) is 10.3 Å². The van der Waals surface area contributed by atoms with Gasteiger partial charge in [-0.05, 0) is 69.9 Å². The van der Waals surface area contributed by atoms with E-state index in [2.05, 4.69) is 46.0 Å². The van der Waals surface area contributed by atoms with Gasteiger partial charge in [-0.1, -0.05) is 19.6 Å². The Labute approximate surface area is 368 Å². The van der Waals surface area contributed by atoms with E-state index < -0.39 is 58.1 Å². The van der Waals surface area contributed by atoms with E-state index in [0.717, 1.165) is 74.1 Å². The van der Waals surface area contributed by atoms with Crippen molar-refractivity contribution in [2.24, 2.45) is 0 Å². The fraction of sp³-hybridized carbons (Fsp3) is 0.135. The van der Waals surface area contributed by atoms with Crippen LogP contribution in [0.15, 0.2) is 100 Å². The van der Waals surface area contributed by atoms with E-state index in [1.54, 1.807) is 16.8 Å². The van der Waals surface area contributed by atoms with Crippen LogP contribution in [-0.2, 0) is 21.8 Å². The molecule has 0 saturated heterocycles. The summed E-state index contributed by atoms with van der Waals surface area (Å²) < 4.78 is 85.5. The van der Waals surface area contributed by atoms with Crippen molar-refractivity contribution < 1.29 is 65.3 Å². The number of carbonyl (C=O) groups excluding carboxylic acids is 2. The molecule has 0 fully saturated rings. The zero-order valence-corrected chi connectivity index (χ0v) is 34.4. The molecule has 2 aromatic heterocycles. The molecule has 2 heterocycles. The summed E-state index contributed by atoms with van der Waals surface area (Å²) in [5.74, 6) is -1.53. The van der Waals surface area contributed by atoms with Gasteiger partial charge < -0.3 is 30.2 Å². The Bertz CT molecular complexity index is 2580. The summed E-state index contributed by atoms with van der Waals surface area (Å²) >= 11 is 5.58. The molecule has 6 aromatic rings. The largest absolute Gasteiger partial charge is 0.488 e. The molecule has 0 atom stereocenters. The predicted octanol–water partition coefficient (Wildman–Crippen LogP) is 9.63. The van der Waals surface area contributed by atoms with Gasteiger partial charge in [0.2, 0.25) is 0 Å². The van der Waals surface area contributed by atoms with Gasteiger partial charge >= 0.3 is 31.4 Å². The van der Waals surface area contributed by atoms with Gasteiger partial charge in [-0.15, -0.1) is 22.7 Å². The number of hydrogen-bond donors (Lipinski definition) is 4. The van der Waals surface area contributed by atoms with Crippen LogP contribution in [0.25, 0.3) is 11.3 Å². The highest BCUT2D eigenvalue weighted by molar-refractivity contribution is 9.10. The van der Waals surface area contributed by atoms with Crippen molar-refractivity contribution >= 4 is 96.1 Å². The first-order chi connectivity index (χ1) is 29.1. The Morgan fingerprint density at radius 3 is 1.60 bits per heavy atom. The summed E-state index contributed by atoms with van der Waals surface area (Å²) in [6.07, 6.45) is -8.81. The van der Waals surface area contributed by atoms with Gasteiger partial charge in [0.05, 0.1) is 52.0 Å². The van der Waals surface area contributed by atoms with Crippen LogP contribution in [0.2, 0.25) is 0 Å². The Morgan fingerprint density at radius 2 is 1.17 bits per heavy atom. The van der Waals surface area contributed by atoms with E-state index in [0.29, 0.717) is 26.7 Å². The van der Waals surface area contributed by atoms with Crippen molar-refractivity contribution in [3.05, 3.63) is 143 Å². The number of nitrogens with zero attached hydrogens (tertiary/aromatic N) is 4. The number of anilines is 4. The third-order valence-corrected chi connectivity index (χ3v) is 9.80. The number of nitro benzene ring substituents is 2. The van der Waals surface area contributed by atoms with Crippen LogP contribution >= 0.6 is 38.6 Å². The average Bonchev–Trinajstić information content (AvgIpc) is 3.88. The molecule has 0 bridgehead atoms. The number of non-ortho nitro benzene ring substituents is 2. The fourth-order valence-corrected chi connectivity index (χ4v) is 6.70. The number of ether oxygens (including phenoxy) is 2. The number of halogens is 7. The number of nitro groups is 2.